The molecule has 0 bridgehead atoms. The molecule has 0 radical (unpaired) electrons. The first-order valence-electron chi connectivity index (χ1n) is 4.93. The second-order valence-electron chi connectivity index (χ2n) is 3.70. The van der Waals surface area contributed by atoms with E-state index in [9.17, 15) is 4.79 Å². The molecular formula is C12H12N2O2. The lowest BCUT2D eigenvalue weighted by molar-refractivity contribution is 0.0996. The number of amides is 1. The summed E-state index contributed by atoms with van der Waals surface area (Å²) in [5, 5.41) is 2.75. The Kier molecular flexibility index (Phi) is 2.72. The van der Waals surface area contributed by atoms with E-state index >= 15 is 0 Å². The number of nitrogens with one attached hydrogen (secondary N) is 1. The SMILES string of the molecule is Cc1cc(C)cc(NC(=O)c2cnco2)c1. The topological polar surface area (TPSA) is 55.1 Å². The summed E-state index contributed by atoms with van der Waals surface area (Å²) in [6.45, 7) is 3.97. The molecule has 0 aliphatic heterocycles. The minimum absolute atomic E-state index is 0.208. The quantitative estimate of drug-likeness (QED) is 0.839. The van der Waals surface area contributed by atoms with Crippen molar-refractivity contribution in [3.05, 3.63) is 47.7 Å². The predicted molar refractivity (Wildman–Crippen MR) is 60.4 cm³/mol. The third kappa shape index (κ3) is 2.28. The molecule has 4 heteroatoms. The van der Waals surface area contributed by atoms with Gasteiger partial charge < -0.3 is 9.73 Å². The number of hydrogen-bond donors (Lipinski definition) is 1. The van der Waals surface area contributed by atoms with Crippen LogP contribution in [0.25, 0.3) is 0 Å². The molecule has 0 unspecified atom stereocenters. The van der Waals surface area contributed by atoms with E-state index in [0.29, 0.717) is 0 Å². The Labute approximate surface area is 93.3 Å². The van der Waals surface area contributed by atoms with Gasteiger partial charge in [0.05, 0.1) is 6.20 Å². The monoisotopic (exact) mass is 216 g/mol. The molecule has 0 saturated heterocycles. The average Bonchev–Trinajstić information content (AvgIpc) is 2.68. The zero-order valence-electron chi connectivity index (χ0n) is 9.15. The van der Waals surface area contributed by atoms with E-state index in [1.807, 2.05) is 32.0 Å². The van der Waals surface area contributed by atoms with E-state index in [1.165, 1.54) is 12.6 Å². The van der Waals surface area contributed by atoms with Gasteiger partial charge in [-0.2, -0.15) is 0 Å². The Hall–Kier alpha value is -2.10. The molecule has 1 aromatic heterocycles. The highest BCUT2D eigenvalue weighted by Gasteiger charge is 2.09. The van der Waals surface area contributed by atoms with Gasteiger partial charge in [0.2, 0.25) is 5.76 Å². The highest BCUT2D eigenvalue weighted by Crippen LogP contribution is 2.14. The molecule has 0 saturated carbocycles. The van der Waals surface area contributed by atoms with Gasteiger partial charge in [0, 0.05) is 5.69 Å². The van der Waals surface area contributed by atoms with Crippen LogP contribution in [0.3, 0.4) is 0 Å². The minimum atomic E-state index is -0.289. The molecular weight excluding hydrogens is 204 g/mol. The number of oxazole rings is 1. The number of carbonyl (C=O) groups excluding carboxylic acids is 1. The van der Waals surface area contributed by atoms with Gasteiger partial charge in [0.1, 0.15) is 0 Å². The lowest BCUT2D eigenvalue weighted by Gasteiger charge is -2.05. The van der Waals surface area contributed by atoms with E-state index in [-0.39, 0.29) is 11.7 Å². The number of benzene rings is 1. The molecule has 16 heavy (non-hydrogen) atoms. The fourth-order valence-electron chi connectivity index (χ4n) is 1.57. The Balaban J connectivity index is 2.18. The largest absolute Gasteiger partial charge is 0.438 e. The maximum absolute atomic E-state index is 11.7. The summed E-state index contributed by atoms with van der Waals surface area (Å²) in [5.74, 6) is -0.0818. The van der Waals surface area contributed by atoms with Gasteiger partial charge in [0.25, 0.3) is 5.91 Å². The van der Waals surface area contributed by atoms with Crippen LogP contribution in [0, 0.1) is 13.8 Å². The van der Waals surface area contributed by atoms with Crippen molar-refractivity contribution in [3.8, 4) is 0 Å². The normalized spacial score (nSPS) is 10.1. The van der Waals surface area contributed by atoms with Crippen LogP contribution < -0.4 is 5.32 Å². The fraction of sp³-hybridized carbons (Fsp3) is 0.167. The smallest absolute Gasteiger partial charge is 0.293 e. The van der Waals surface area contributed by atoms with Crippen LogP contribution in [0.2, 0.25) is 0 Å². The summed E-state index contributed by atoms with van der Waals surface area (Å²) < 4.78 is 4.90. The van der Waals surface area contributed by atoms with Crippen LogP contribution >= 0.6 is 0 Å². The fourth-order valence-corrected chi connectivity index (χ4v) is 1.57. The molecule has 0 atom stereocenters. The summed E-state index contributed by atoms with van der Waals surface area (Å²) in [7, 11) is 0. The van der Waals surface area contributed by atoms with E-state index in [2.05, 4.69) is 10.3 Å². The van der Waals surface area contributed by atoms with Crippen LogP contribution in [0.15, 0.2) is 35.2 Å². The molecule has 82 valence electrons. The van der Waals surface area contributed by atoms with Crippen molar-refractivity contribution in [2.24, 2.45) is 0 Å². The van der Waals surface area contributed by atoms with Gasteiger partial charge in [-0.1, -0.05) is 6.07 Å². The molecule has 0 spiro atoms. The summed E-state index contributed by atoms with van der Waals surface area (Å²) >= 11 is 0. The second-order valence-corrected chi connectivity index (χ2v) is 3.70. The number of anilines is 1. The first-order chi connectivity index (χ1) is 7.65. The van der Waals surface area contributed by atoms with Gasteiger partial charge in [-0.25, -0.2) is 4.98 Å². The average molecular weight is 216 g/mol. The van der Waals surface area contributed by atoms with Crippen molar-refractivity contribution in [1.82, 2.24) is 4.98 Å². The number of nitrogens with zero attached hydrogens (tertiary/aromatic N) is 1. The van der Waals surface area contributed by atoms with E-state index in [1.54, 1.807) is 0 Å². The Morgan fingerprint density at radius 2 is 1.94 bits per heavy atom. The van der Waals surface area contributed by atoms with Crippen molar-refractivity contribution in [1.29, 1.82) is 0 Å². The molecule has 4 nitrogen and oxygen atoms in total. The molecule has 0 aliphatic rings. The van der Waals surface area contributed by atoms with Crippen molar-refractivity contribution in [3.63, 3.8) is 0 Å². The number of hydrogen-bond acceptors (Lipinski definition) is 3. The molecule has 2 rings (SSSR count). The van der Waals surface area contributed by atoms with Crippen molar-refractivity contribution in [2.45, 2.75) is 13.8 Å². The maximum Gasteiger partial charge on any atom is 0.293 e. The molecule has 1 aromatic carbocycles. The number of carbonyl (C=O) groups is 1. The van der Waals surface area contributed by atoms with E-state index in [4.69, 9.17) is 4.42 Å². The highest BCUT2D eigenvalue weighted by molar-refractivity contribution is 6.02. The maximum atomic E-state index is 11.7. The molecule has 1 N–H and O–H groups in total. The lowest BCUT2D eigenvalue weighted by Crippen LogP contribution is -2.11. The summed E-state index contributed by atoms with van der Waals surface area (Å²) in [6.07, 6.45) is 2.62. The van der Waals surface area contributed by atoms with Crippen molar-refractivity contribution < 1.29 is 9.21 Å². The van der Waals surface area contributed by atoms with Gasteiger partial charge in [0.15, 0.2) is 6.39 Å². The predicted octanol–water partition coefficient (Wildman–Crippen LogP) is 2.54. The second kappa shape index (κ2) is 4.18. The Bertz CT molecular complexity index is 483. The number of aromatic nitrogens is 1. The van der Waals surface area contributed by atoms with Gasteiger partial charge in [-0.05, 0) is 37.1 Å². The standard InChI is InChI=1S/C12H12N2O2/c1-8-3-9(2)5-10(4-8)14-12(15)11-6-13-7-16-11/h3-7H,1-2H3,(H,14,15). The van der Waals surface area contributed by atoms with Crippen LogP contribution in [0.1, 0.15) is 21.7 Å². The third-order valence-electron chi connectivity index (χ3n) is 2.14. The number of aryl methyl sites for hydroxylation is 2. The first-order valence-corrected chi connectivity index (χ1v) is 4.93. The molecule has 0 aliphatic carbocycles. The molecule has 2 aromatic rings. The van der Waals surface area contributed by atoms with Crippen LogP contribution in [0.4, 0.5) is 5.69 Å². The highest BCUT2D eigenvalue weighted by atomic mass is 16.3. The Morgan fingerprint density at radius 1 is 1.25 bits per heavy atom. The van der Waals surface area contributed by atoms with Gasteiger partial charge in [-0.3, -0.25) is 4.79 Å². The van der Waals surface area contributed by atoms with E-state index in [0.717, 1.165) is 16.8 Å². The first kappa shape index (κ1) is 10.4. The van der Waals surface area contributed by atoms with Crippen LogP contribution in [0.5, 0.6) is 0 Å². The molecule has 1 heterocycles. The van der Waals surface area contributed by atoms with Crippen LogP contribution in [-0.2, 0) is 0 Å². The van der Waals surface area contributed by atoms with Gasteiger partial charge >= 0.3 is 0 Å². The van der Waals surface area contributed by atoms with Crippen LogP contribution in [-0.4, -0.2) is 10.9 Å². The summed E-state index contributed by atoms with van der Waals surface area (Å²) in [5.41, 5.74) is 2.97. The summed E-state index contributed by atoms with van der Waals surface area (Å²) in [4.78, 5) is 15.3. The third-order valence-corrected chi connectivity index (χ3v) is 2.14. The number of rotatable bonds is 2. The zero-order chi connectivity index (χ0) is 11.5. The van der Waals surface area contributed by atoms with E-state index < -0.39 is 0 Å². The lowest BCUT2D eigenvalue weighted by atomic mass is 10.1. The van der Waals surface area contributed by atoms with Crippen molar-refractivity contribution >= 4 is 11.6 Å². The minimum Gasteiger partial charge on any atom is -0.438 e. The summed E-state index contributed by atoms with van der Waals surface area (Å²) in [6, 6.07) is 5.85. The molecule has 0 fully saturated rings. The molecule has 1 amide bonds. The van der Waals surface area contributed by atoms with Gasteiger partial charge in [-0.15, -0.1) is 0 Å². The Morgan fingerprint density at radius 3 is 2.50 bits per heavy atom. The zero-order valence-corrected chi connectivity index (χ0v) is 9.15. The van der Waals surface area contributed by atoms with Crippen molar-refractivity contribution in [2.75, 3.05) is 5.32 Å².